The zero-order valence-corrected chi connectivity index (χ0v) is 13.7. The van der Waals surface area contributed by atoms with Gasteiger partial charge in [-0.05, 0) is 43.4 Å². The van der Waals surface area contributed by atoms with E-state index in [4.69, 9.17) is 0 Å². The van der Waals surface area contributed by atoms with Gasteiger partial charge in [-0.15, -0.1) is 0 Å². The molecule has 22 heavy (non-hydrogen) atoms. The van der Waals surface area contributed by atoms with Gasteiger partial charge in [-0.1, -0.05) is 32.4 Å². The van der Waals surface area contributed by atoms with Crippen molar-refractivity contribution in [3.63, 3.8) is 0 Å². The first-order valence-corrected chi connectivity index (χ1v) is 7.92. The van der Waals surface area contributed by atoms with Crippen LogP contribution in [0.25, 0.3) is 0 Å². The van der Waals surface area contributed by atoms with Gasteiger partial charge in [-0.3, -0.25) is 0 Å². The van der Waals surface area contributed by atoms with Gasteiger partial charge in [-0.2, -0.15) is 0 Å². The topological polar surface area (TPSA) is 81.6 Å². The number of aliphatic hydroxyl groups excluding tert-OH is 1. The van der Waals surface area contributed by atoms with Crippen LogP contribution in [0.5, 0.6) is 5.75 Å². The van der Waals surface area contributed by atoms with Gasteiger partial charge in [0.1, 0.15) is 5.75 Å². The van der Waals surface area contributed by atoms with Gasteiger partial charge < -0.3 is 20.8 Å². The zero-order chi connectivity index (χ0) is 16.5. The predicted molar refractivity (Wildman–Crippen MR) is 87.9 cm³/mol. The summed E-state index contributed by atoms with van der Waals surface area (Å²) in [7, 11) is 0. The number of benzene rings is 1. The summed E-state index contributed by atoms with van der Waals surface area (Å²) in [5.41, 5.74) is 1.12. The van der Waals surface area contributed by atoms with Crippen molar-refractivity contribution in [2.45, 2.75) is 52.2 Å². The minimum Gasteiger partial charge on any atom is -0.508 e. The lowest BCUT2D eigenvalue weighted by Gasteiger charge is -2.19. The van der Waals surface area contributed by atoms with Crippen LogP contribution in [0.4, 0.5) is 4.79 Å². The summed E-state index contributed by atoms with van der Waals surface area (Å²) in [6.07, 6.45) is 2.01. The molecule has 1 aromatic carbocycles. The first-order chi connectivity index (χ1) is 10.4. The van der Waals surface area contributed by atoms with E-state index in [-0.39, 0.29) is 30.3 Å². The number of urea groups is 1. The van der Waals surface area contributed by atoms with Crippen molar-refractivity contribution in [2.24, 2.45) is 5.92 Å². The normalized spacial score (nSPS) is 14.9. The van der Waals surface area contributed by atoms with E-state index in [2.05, 4.69) is 10.6 Å². The molecule has 5 nitrogen and oxygen atoms in total. The van der Waals surface area contributed by atoms with Gasteiger partial charge in [0, 0.05) is 12.6 Å². The molecule has 0 saturated heterocycles. The molecule has 4 N–H and O–H groups in total. The molecule has 0 fully saturated rings. The molecule has 0 aliphatic rings. The molecule has 0 saturated carbocycles. The molecule has 124 valence electrons. The van der Waals surface area contributed by atoms with Gasteiger partial charge in [0.2, 0.25) is 0 Å². The Hall–Kier alpha value is -1.75. The summed E-state index contributed by atoms with van der Waals surface area (Å²) in [6, 6.07) is 6.87. The third kappa shape index (κ3) is 6.80. The van der Waals surface area contributed by atoms with E-state index >= 15 is 0 Å². The predicted octanol–water partition coefficient (Wildman–Crippen LogP) is 2.42. The van der Waals surface area contributed by atoms with E-state index in [0.29, 0.717) is 0 Å². The van der Waals surface area contributed by atoms with Gasteiger partial charge in [0.15, 0.2) is 0 Å². The number of hydrogen-bond donors (Lipinski definition) is 4. The molecule has 0 aliphatic carbocycles. The minimum atomic E-state index is -0.511. The zero-order valence-electron chi connectivity index (χ0n) is 13.7. The average molecular weight is 308 g/mol. The standard InChI is InChI=1S/C17H28N2O3/c1-4-12(2)16(21)11-18-17(22)19-13(3)5-6-14-7-9-15(20)10-8-14/h7-10,12-13,16,20-21H,4-6,11H2,1-3H3,(H2,18,19,22). The Morgan fingerprint density at radius 1 is 1.23 bits per heavy atom. The number of carbonyl (C=O) groups excluding carboxylic acids is 1. The summed E-state index contributed by atoms with van der Waals surface area (Å²) >= 11 is 0. The summed E-state index contributed by atoms with van der Waals surface area (Å²) < 4.78 is 0. The number of aromatic hydroxyl groups is 1. The first kappa shape index (κ1) is 18.3. The van der Waals surface area contributed by atoms with Crippen LogP contribution in [0, 0.1) is 5.92 Å². The average Bonchev–Trinajstić information content (AvgIpc) is 2.51. The summed E-state index contributed by atoms with van der Waals surface area (Å²) in [4.78, 5) is 11.8. The lowest BCUT2D eigenvalue weighted by atomic mass is 10.0. The van der Waals surface area contributed by atoms with Gasteiger partial charge in [-0.25, -0.2) is 4.79 Å². The van der Waals surface area contributed by atoms with E-state index < -0.39 is 6.10 Å². The fourth-order valence-electron chi connectivity index (χ4n) is 2.06. The van der Waals surface area contributed by atoms with Crippen molar-refractivity contribution >= 4 is 6.03 Å². The Balaban J connectivity index is 2.25. The minimum absolute atomic E-state index is 0.0366. The first-order valence-electron chi connectivity index (χ1n) is 7.92. The molecular weight excluding hydrogens is 280 g/mol. The Bertz CT molecular complexity index is 448. The van der Waals surface area contributed by atoms with E-state index in [1.165, 1.54) is 0 Å². The van der Waals surface area contributed by atoms with Gasteiger partial charge in [0.05, 0.1) is 6.10 Å². The lowest BCUT2D eigenvalue weighted by molar-refractivity contribution is 0.114. The maximum atomic E-state index is 11.8. The van der Waals surface area contributed by atoms with E-state index in [1.54, 1.807) is 12.1 Å². The van der Waals surface area contributed by atoms with Crippen LogP contribution in [0.3, 0.4) is 0 Å². The SMILES string of the molecule is CCC(C)C(O)CNC(=O)NC(C)CCc1ccc(O)cc1. The number of amides is 2. The van der Waals surface area contributed by atoms with Crippen molar-refractivity contribution in [3.8, 4) is 5.75 Å². The monoisotopic (exact) mass is 308 g/mol. The summed E-state index contributed by atoms with van der Waals surface area (Å²) in [6.45, 7) is 6.19. The Labute approximate surface area is 132 Å². The molecule has 0 aliphatic heterocycles. The number of carbonyl (C=O) groups is 1. The Morgan fingerprint density at radius 3 is 2.45 bits per heavy atom. The molecule has 0 aromatic heterocycles. The lowest BCUT2D eigenvalue weighted by Crippen LogP contribution is -2.44. The third-order valence-electron chi connectivity index (χ3n) is 3.95. The molecular formula is C17H28N2O3. The second kappa shape index (κ2) is 9.30. The van der Waals surface area contributed by atoms with E-state index in [9.17, 15) is 15.0 Å². The third-order valence-corrected chi connectivity index (χ3v) is 3.95. The molecule has 0 heterocycles. The number of aliphatic hydroxyl groups is 1. The fraction of sp³-hybridized carbons (Fsp3) is 0.588. The van der Waals surface area contributed by atoms with Crippen LogP contribution in [0.1, 0.15) is 39.2 Å². The van der Waals surface area contributed by atoms with Crippen LogP contribution < -0.4 is 10.6 Å². The number of phenolic OH excluding ortho intramolecular Hbond substituents is 1. The van der Waals surface area contributed by atoms with E-state index in [1.807, 2.05) is 32.9 Å². The molecule has 2 amide bonds. The van der Waals surface area contributed by atoms with Crippen LogP contribution in [0.2, 0.25) is 0 Å². The van der Waals surface area contributed by atoms with Crippen molar-refractivity contribution in [2.75, 3.05) is 6.54 Å². The van der Waals surface area contributed by atoms with Crippen LogP contribution >= 0.6 is 0 Å². The molecule has 0 spiro atoms. The van der Waals surface area contributed by atoms with Crippen molar-refractivity contribution in [3.05, 3.63) is 29.8 Å². The maximum Gasteiger partial charge on any atom is 0.315 e. The molecule has 0 bridgehead atoms. The highest BCUT2D eigenvalue weighted by molar-refractivity contribution is 5.74. The summed E-state index contributed by atoms with van der Waals surface area (Å²) in [5.74, 6) is 0.432. The Kier molecular flexibility index (Phi) is 7.74. The number of rotatable bonds is 8. The second-order valence-electron chi connectivity index (χ2n) is 5.91. The number of aryl methyl sites for hydroxylation is 1. The van der Waals surface area contributed by atoms with Crippen molar-refractivity contribution in [1.82, 2.24) is 10.6 Å². The number of phenols is 1. The van der Waals surface area contributed by atoms with Crippen LogP contribution in [-0.4, -0.2) is 34.9 Å². The van der Waals surface area contributed by atoms with Crippen molar-refractivity contribution in [1.29, 1.82) is 0 Å². The quantitative estimate of drug-likeness (QED) is 0.595. The summed E-state index contributed by atoms with van der Waals surface area (Å²) in [5, 5.41) is 24.6. The number of nitrogens with one attached hydrogen (secondary N) is 2. The van der Waals surface area contributed by atoms with Crippen LogP contribution in [0.15, 0.2) is 24.3 Å². The molecule has 3 unspecified atom stereocenters. The highest BCUT2D eigenvalue weighted by atomic mass is 16.3. The number of hydrogen-bond acceptors (Lipinski definition) is 3. The van der Waals surface area contributed by atoms with Gasteiger partial charge >= 0.3 is 6.03 Å². The molecule has 5 heteroatoms. The molecule has 0 radical (unpaired) electrons. The molecule has 3 atom stereocenters. The Morgan fingerprint density at radius 2 is 1.86 bits per heavy atom. The van der Waals surface area contributed by atoms with Gasteiger partial charge in [0.25, 0.3) is 0 Å². The van der Waals surface area contributed by atoms with Crippen molar-refractivity contribution < 1.29 is 15.0 Å². The maximum absolute atomic E-state index is 11.8. The molecule has 1 aromatic rings. The molecule has 1 rings (SSSR count). The highest BCUT2D eigenvalue weighted by Gasteiger charge is 2.14. The van der Waals surface area contributed by atoms with Crippen LogP contribution in [-0.2, 0) is 6.42 Å². The highest BCUT2D eigenvalue weighted by Crippen LogP contribution is 2.12. The van der Waals surface area contributed by atoms with E-state index in [0.717, 1.165) is 24.8 Å². The fourth-order valence-corrected chi connectivity index (χ4v) is 2.06. The smallest absolute Gasteiger partial charge is 0.315 e. The largest absolute Gasteiger partial charge is 0.508 e. The second-order valence-corrected chi connectivity index (χ2v) is 5.91.